The van der Waals surface area contributed by atoms with Crippen molar-refractivity contribution < 1.29 is 4.79 Å². The van der Waals surface area contributed by atoms with Crippen molar-refractivity contribution in [2.75, 3.05) is 7.05 Å². The molecule has 1 amide bonds. The van der Waals surface area contributed by atoms with Gasteiger partial charge in [0.05, 0.1) is 6.54 Å². The van der Waals surface area contributed by atoms with Gasteiger partial charge in [0.2, 0.25) is 0 Å². The van der Waals surface area contributed by atoms with Crippen LogP contribution in [-0.4, -0.2) is 22.8 Å². The molecule has 1 aromatic heterocycles. The van der Waals surface area contributed by atoms with Gasteiger partial charge in [-0.2, -0.15) is 0 Å². The number of nitrogens with zero attached hydrogens (tertiary/aromatic N) is 2. The predicted molar refractivity (Wildman–Crippen MR) is 88.9 cm³/mol. The molecular weight excluding hydrogens is 306 g/mol. The van der Waals surface area contributed by atoms with Crippen molar-refractivity contribution in [1.82, 2.24) is 9.88 Å². The van der Waals surface area contributed by atoms with E-state index in [1.165, 1.54) is 4.88 Å². The molecule has 6 heteroatoms. The highest BCUT2D eigenvalue weighted by molar-refractivity contribution is 7.11. The monoisotopic (exact) mass is 325 g/mol. The van der Waals surface area contributed by atoms with Crippen molar-refractivity contribution in [3.63, 3.8) is 0 Å². The van der Waals surface area contributed by atoms with E-state index in [1.54, 1.807) is 23.3 Å². The fraction of sp³-hybridized carbons (Fsp3) is 0.333. The minimum atomic E-state index is 0. The summed E-state index contributed by atoms with van der Waals surface area (Å²) in [5, 5.41) is 0.969. The molecule has 21 heavy (non-hydrogen) atoms. The van der Waals surface area contributed by atoms with Crippen LogP contribution in [0.15, 0.2) is 30.5 Å². The summed E-state index contributed by atoms with van der Waals surface area (Å²) in [6.07, 6.45) is 2.87. The van der Waals surface area contributed by atoms with Crippen LogP contribution in [0.1, 0.15) is 32.7 Å². The molecule has 1 aromatic carbocycles. The van der Waals surface area contributed by atoms with Gasteiger partial charge in [-0.1, -0.05) is 19.1 Å². The van der Waals surface area contributed by atoms with E-state index in [2.05, 4.69) is 11.9 Å². The third-order valence-electron chi connectivity index (χ3n) is 3.11. The average molecular weight is 326 g/mol. The van der Waals surface area contributed by atoms with Gasteiger partial charge < -0.3 is 10.6 Å². The zero-order valence-electron chi connectivity index (χ0n) is 12.2. The average Bonchev–Trinajstić information content (AvgIpc) is 2.94. The van der Waals surface area contributed by atoms with Crippen LogP contribution in [0.2, 0.25) is 0 Å². The van der Waals surface area contributed by atoms with E-state index < -0.39 is 0 Å². The van der Waals surface area contributed by atoms with Crippen molar-refractivity contribution in [3.05, 3.63) is 51.5 Å². The molecule has 2 aromatic rings. The highest BCUT2D eigenvalue weighted by atomic mass is 35.5. The lowest BCUT2D eigenvalue weighted by atomic mass is 10.1. The van der Waals surface area contributed by atoms with E-state index in [9.17, 15) is 4.79 Å². The van der Waals surface area contributed by atoms with Crippen LogP contribution in [0.4, 0.5) is 0 Å². The van der Waals surface area contributed by atoms with Crippen molar-refractivity contribution in [2.24, 2.45) is 5.73 Å². The van der Waals surface area contributed by atoms with Gasteiger partial charge in [0.1, 0.15) is 5.01 Å². The first-order valence-electron chi connectivity index (χ1n) is 6.62. The molecule has 2 rings (SSSR count). The first-order chi connectivity index (χ1) is 9.63. The van der Waals surface area contributed by atoms with Gasteiger partial charge in [0, 0.05) is 30.2 Å². The van der Waals surface area contributed by atoms with Gasteiger partial charge in [-0.05, 0) is 24.1 Å². The van der Waals surface area contributed by atoms with Crippen molar-refractivity contribution >= 4 is 29.7 Å². The number of carbonyl (C=O) groups is 1. The lowest BCUT2D eigenvalue weighted by Gasteiger charge is -2.15. The van der Waals surface area contributed by atoms with Crippen LogP contribution < -0.4 is 5.73 Å². The topological polar surface area (TPSA) is 59.2 Å². The number of hydrogen-bond acceptors (Lipinski definition) is 4. The van der Waals surface area contributed by atoms with Gasteiger partial charge in [-0.3, -0.25) is 4.79 Å². The molecule has 2 N–H and O–H groups in total. The molecule has 114 valence electrons. The highest BCUT2D eigenvalue weighted by Crippen LogP contribution is 2.16. The lowest BCUT2D eigenvalue weighted by Crippen LogP contribution is -2.26. The first-order valence-corrected chi connectivity index (χ1v) is 7.43. The minimum absolute atomic E-state index is 0. The van der Waals surface area contributed by atoms with E-state index in [1.807, 2.05) is 30.5 Å². The molecule has 0 radical (unpaired) electrons. The summed E-state index contributed by atoms with van der Waals surface area (Å²) in [4.78, 5) is 19.6. The smallest absolute Gasteiger partial charge is 0.253 e. The van der Waals surface area contributed by atoms with Crippen LogP contribution in [0.3, 0.4) is 0 Å². The standard InChI is InChI=1S/C15H19N3OS.ClH/c1-3-13-9-17-14(20-13)10-18(2)15(19)12-6-4-11(8-16)5-7-12;/h4-7,9H,3,8,10,16H2,1-2H3;1H. The quantitative estimate of drug-likeness (QED) is 0.919. The van der Waals surface area contributed by atoms with Gasteiger partial charge >= 0.3 is 0 Å². The van der Waals surface area contributed by atoms with Crippen LogP contribution in [0.25, 0.3) is 0 Å². The Kier molecular flexibility index (Phi) is 6.81. The maximum atomic E-state index is 12.3. The van der Waals surface area contributed by atoms with Crippen LogP contribution in [0.5, 0.6) is 0 Å². The number of aromatic nitrogens is 1. The van der Waals surface area contributed by atoms with E-state index >= 15 is 0 Å². The van der Waals surface area contributed by atoms with Crippen LogP contribution >= 0.6 is 23.7 Å². The zero-order chi connectivity index (χ0) is 14.5. The Labute approximate surface area is 135 Å². The zero-order valence-corrected chi connectivity index (χ0v) is 13.8. The number of halogens is 1. The fourth-order valence-corrected chi connectivity index (χ4v) is 2.78. The first kappa shape index (κ1) is 17.6. The SMILES string of the molecule is CCc1cnc(CN(C)C(=O)c2ccc(CN)cc2)s1.Cl. The van der Waals surface area contributed by atoms with Gasteiger partial charge in [-0.15, -0.1) is 23.7 Å². The normalized spacial score (nSPS) is 10.0. The second-order valence-electron chi connectivity index (χ2n) is 4.64. The Balaban J connectivity index is 0.00000220. The summed E-state index contributed by atoms with van der Waals surface area (Å²) < 4.78 is 0. The number of aryl methyl sites for hydroxylation is 1. The third kappa shape index (κ3) is 4.52. The maximum absolute atomic E-state index is 12.3. The number of thiazole rings is 1. The molecule has 1 heterocycles. The molecule has 0 aliphatic heterocycles. The predicted octanol–water partition coefficient (Wildman–Crippen LogP) is 2.86. The molecule has 0 atom stereocenters. The summed E-state index contributed by atoms with van der Waals surface area (Å²) in [5.74, 6) is 0.00169. The van der Waals surface area contributed by atoms with E-state index in [-0.39, 0.29) is 18.3 Å². The second-order valence-corrected chi connectivity index (χ2v) is 5.84. The van der Waals surface area contributed by atoms with E-state index in [0.717, 1.165) is 17.0 Å². The summed E-state index contributed by atoms with van der Waals surface area (Å²) in [6, 6.07) is 7.42. The molecule has 0 aliphatic carbocycles. The number of rotatable bonds is 5. The maximum Gasteiger partial charge on any atom is 0.253 e. The molecular formula is C15H20ClN3OS. The molecule has 4 nitrogen and oxygen atoms in total. The molecule has 0 fully saturated rings. The molecule has 0 saturated carbocycles. The Bertz CT molecular complexity index is 583. The summed E-state index contributed by atoms with van der Waals surface area (Å²) in [5.41, 5.74) is 7.25. The summed E-state index contributed by atoms with van der Waals surface area (Å²) in [7, 11) is 1.80. The summed E-state index contributed by atoms with van der Waals surface area (Å²) in [6.45, 7) is 3.14. The highest BCUT2D eigenvalue weighted by Gasteiger charge is 2.13. The summed E-state index contributed by atoms with van der Waals surface area (Å²) >= 11 is 1.66. The lowest BCUT2D eigenvalue weighted by molar-refractivity contribution is 0.0785. The fourth-order valence-electron chi connectivity index (χ4n) is 1.86. The van der Waals surface area contributed by atoms with E-state index in [0.29, 0.717) is 18.7 Å². The minimum Gasteiger partial charge on any atom is -0.335 e. The van der Waals surface area contributed by atoms with Crippen molar-refractivity contribution in [2.45, 2.75) is 26.4 Å². The van der Waals surface area contributed by atoms with Gasteiger partial charge in [-0.25, -0.2) is 4.98 Å². The van der Waals surface area contributed by atoms with Crippen LogP contribution in [0, 0.1) is 0 Å². The van der Waals surface area contributed by atoms with E-state index in [4.69, 9.17) is 5.73 Å². The van der Waals surface area contributed by atoms with Gasteiger partial charge in [0.15, 0.2) is 0 Å². The third-order valence-corrected chi connectivity index (χ3v) is 4.23. The number of carbonyl (C=O) groups excluding carboxylic acids is 1. The molecule has 0 saturated heterocycles. The number of hydrogen-bond donors (Lipinski definition) is 1. The number of amides is 1. The Morgan fingerprint density at radius 2 is 2.00 bits per heavy atom. The molecule has 0 bridgehead atoms. The van der Waals surface area contributed by atoms with Gasteiger partial charge in [0.25, 0.3) is 5.91 Å². The number of nitrogens with two attached hydrogens (primary N) is 1. The van der Waals surface area contributed by atoms with Crippen LogP contribution in [-0.2, 0) is 19.5 Å². The number of benzene rings is 1. The Hall–Kier alpha value is -1.43. The van der Waals surface area contributed by atoms with Crippen molar-refractivity contribution in [3.8, 4) is 0 Å². The molecule has 0 unspecified atom stereocenters. The Morgan fingerprint density at radius 3 is 2.52 bits per heavy atom. The molecule has 0 aliphatic rings. The second kappa shape index (κ2) is 8.12. The largest absolute Gasteiger partial charge is 0.335 e. The Morgan fingerprint density at radius 1 is 1.33 bits per heavy atom. The van der Waals surface area contributed by atoms with Crippen molar-refractivity contribution in [1.29, 1.82) is 0 Å². The molecule has 0 spiro atoms.